The van der Waals surface area contributed by atoms with Gasteiger partial charge in [0.15, 0.2) is 0 Å². The van der Waals surface area contributed by atoms with E-state index in [4.69, 9.17) is 11.6 Å². The summed E-state index contributed by atoms with van der Waals surface area (Å²) < 4.78 is 13.8. The van der Waals surface area contributed by atoms with Gasteiger partial charge in [0.05, 0.1) is 17.4 Å². The van der Waals surface area contributed by atoms with Crippen molar-refractivity contribution in [1.29, 1.82) is 0 Å². The molecule has 0 saturated carbocycles. The van der Waals surface area contributed by atoms with Crippen molar-refractivity contribution in [3.63, 3.8) is 0 Å². The topological polar surface area (TPSA) is 48.5 Å². The number of nitrogens with zero attached hydrogens (tertiary/aromatic N) is 3. The summed E-state index contributed by atoms with van der Waals surface area (Å²) in [5, 5.41) is 3.02. The summed E-state index contributed by atoms with van der Waals surface area (Å²) in [5.74, 6) is -0.723. The van der Waals surface area contributed by atoms with E-state index in [1.54, 1.807) is 6.20 Å². The molecule has 0 spiro atoms. The Morgan fingerprint density at radius 2 is 2.04 bits per heavy atom. The van der Waals surface area contributed by atoms with Gasteiger partial charge >= 0.3 is 0 Å². The van der Waals surface area contributed by atoms with Crippen LogP contribution in [0.4, 0.5) is 10.1 Å². The van der Waals surface area contributed by atoms with Gasteiger partial charge in [-0.05, 0) is 37.3 Å². The third-order valence-corrected chi connectivity index (χ3v) is 4.87. The highest BCUT2D eigenvalue weighted by atomic mass is 35.5. The molecule has 138 valence electrons. The normalized spacial score (nSPS) is 17.0. The van der Waals surface area contributed by atoms with Gasteiger partial charge in [0.2, 0.25) is 5.91 Å². The highest BCUT2D eigenvalue weighted by Crippen LogP contribution is 2.20. The number of hydrogen-bond donors (Lipinski definition) is 1. The number of carbonyl (C=O) groups excluding carboxylic acids is 1. The predicted molar refractivity (Wildman–Crippen MR) is 101 cm³/mol. The molecule has 7 heteroatoms. The summed E-state index contributed by atoms with van der Waals surface area (Å²) >= 11 is 5.87. The van der Waals surface area contributed by atoms with E-state index < -0.39 is 5.82 Å². The van der Waals surface area contributed by atoms with Gasteiger partial charge in [0, 0.05) is 43.9 Å². The van der Waals surface area contributed by atoms with Crippen molar-refractivity contribution >= 4 is 23.2 Å². The van der Waals surface area contributed by atoms with E-state index >= 15 is 0 Å². The van der Waals surface area contributed by atoms with Crippen LogP contribution in [0.3, 0.4) is 0 Å². The fraction of sp³-hybridized carbons (Fsp3) is 0.368. The standard InChI is InChI=1S/C19H22ClFN4O/c1-14(19(26)23-18-12-15(20)5-6-17(18)21)25-10-8-24(9-11-25)13-16-4-2-3-7-22-16/h2-7,12,14H,8-11,13H2,1H3,(H,23,26). The molecular weight excluding hydrogens is 355 g/mol. The van der Waals surface area contributed by atoms with Crippen LogP contribution in [-0.4, -0.2) is 52.9 Å². The van der Waals surface area contributed by atoms with E-state index in [2.05, 4.69) is 20.1 Å². The average Bonchev–Trinajstić information content (AvgIpc) is 2.65. The fourth-order valence-corrected chi connectivity index (χ4v) is 3.20. The Balaban J connectivity index is 1.52. The number of halogens is 2. The first kappa shape index (κ1) is 18.8. The first-order valence-electron chi connectivity index (χ1n) is 8.65. The van der Waals surface area contributed by atoms with E-state index in [9.17, 15) is 9.18 Å². The number of nitrogens with one attached hydrogen (secondary N) is 1. The largest absolute Gasteiger partial charge is 0.322 e. The zero-order valence-corrected chi connectivity index (χ0v) is 15.4. The van der Waals surface area contributed by atoms with Crippen LogP contribution in [0.25, 0.3) is 0 Å². The summed E-state index contributed by atoms with van der Waals surface area (Å²) in [6.07, 6.45) is 1.80. The molecule has 0 bridgehead atoms. The predicted octanol–water partition coefficient (Wildman–Crippen LogP) is 3.02. The van der Waals surface area contributed by atoms with Crippen molar-refractivity contribution < 1.29 is 9.18 Å². The van der Waals surface area contributed by atoms with Gasteiger partial charge in [-0.25, -0.2) is 4.39 Å². The lowest BCUT2D eigenvalue weighted by molar-refractivity contribution is -0.121. The fourth-order valence-electron chi connectivity index (χ4n) is 3.03. The van der Waals surface area contributed by atoms with Gasteiger partial charge < -0.3 is 5.32 Å². The van der Waals surface area contributed by atoms with Crippen LogP contribution < -0.4 is 5.32 Å². The molecule has 26 heavy (non-hydrogen) atoms. The van der Waals surface area contributed by atoms with Crippen molar-refractivity contribution in [3.05, 3.63) is 59.1 Å². The van der Waals surface area contributed by atoms with Crippen LogP contribution >= 0.6 is 11.6 Å². The zero-order valence-electron chi connectivity index (χ0n) is 14.7. The maximum Gasteiger partial charge on any atom is 0.241 e. The van der Waals surface area contributed by atoms with Crippen LogP contribution in [0.5, 0.6) is 0 Å². The van der Waals surface area contributed by atoms with E-state index in [0.29, 0.717) is 5.02 Å². The third kappa shape index (κ3) is 4.78. The summed E-state index contributed by atoms with van der Waals surface area (Å²) in [5.41, 5.74) is 1.16. The number of rotatable bonds is 5. The van der Waals surface area contributed by atoms with Gasteiger partial charge in [-0.15, -0.1) is 0 Å². The van der Waals surface area contributed by atoms with Crippen LogP contribution in [0, 0.1) is 5.82 Å². The number of anilines is 1. The molecule has 1 amide bonds. The minimum atomic E-state index is -0.491. The lowest BCUT2D eigenvalue weighted by Gasteiger charge is -2.37. The van der Waals surface area contributed by atoms with Crippen molar-refractivity contribution in [2.24, 2.45) is 0 Å². The molecule has 2 aromatic rings. The smallest absolute Gasteiger partial charge is 0.241 e. The number of hydrogen-bond acceptors (Lipinski definition) is 4. The Labute approximate surface area is 157 Å². The minimum Gasteiger partial charge on any atom is -0.322 e. The van der Waals surface area contributed by atoms with E-state index in [1.165, 1.54) is 18.2 Å². The molecule has 0 aliphatic carbocycles. The van der Waals surface area contributed by atoms with Crippen molar-refractivity contribution in [2.45, 2.75) is 19.5 Å². The number of amides is 1. The Hall–Kier alpha value is -2.02. The maximum atomic E-state index is 13.8. The lowest BCUT2D eigenvalue weighted by Crippen LogP contribution is -2.52. The second-order valence-electron chi connectivity index (χ2n) is 6.42. The van der Waals surface area contributed by atoms with E-state index in [1.807, 2.05) is 25.1 Å². The lowest BCUT2D eigenvalue weighted by atomic mass is 10.2. The molecule has 5 nitrogen and oxygen atoms in total. The molecule has 1 saturated heterocycles. The van der Waals surface area contributed by atoms with Crippen LogP contribution in [-0.2, 0) is 11.3 Å². The Kier molecular flexibility index (Phi) is 6.19. The molecule has 2 heterocycles. The van der Waals surface area contributed by atoms with Gasteiger partial charge in [-0.3, -0.25) is 19.6 Å². The molecule has 1 atom stereocenters. The highest BCUT2D eigenvalue weighted by Gasteiger charge is 2.26. The quantitative estimate of drug-likeness (QED) is 0.871. The van der Waals surface area contributed by atoms with Crippen molar-refractivity contribution in [2.75, 3.05) is 31.5 Å². The van der Waals surface area contributed by atoms with Gasteiger partial charge in [-0.2, -0.15) is 0 Å². The first-order valence-corrected chi connectivity index (χ1v) is 9.03. The van der Waals surface area contributed by atoms with Crippen LogP contribution in [0.1, 0.15) is 12.6 Å². The SMILES string of the molecule is CC(C(=O)Nc1cc(Cl)ccc1F)N1CCN(Cc2ccccn2)CC1. The Morgan fingerprint density at radius 3 is 2.73 bits per heavy atom. The van der Waals surface area contributed by atoms with E-state index in [0.717, 1.165) is 38.4 Å². The molecule has 0 radical (unpaired) electrons. The summed E-state index contributed by atoms with van der Waals surface area (Å²) in [6.45, 7) is 5.92. The molecule has 1 aliphatic heterocycles. The molecular formula is C19H22ClFN4O. The number of carbonyl (C=O) groups is 1. The Morgan fingerprint density at radius 1 is 1.27 bits per heavy atom. The molecule has 1 aromatic heterocycles. The molecule has 3 rings (SSSR count). The molecule has 1 aliphatic rings. The molecule has 1 aromatic carbocycles. The van der Waals surface area contributed by atoms with Crippen molar-refractivity contribution in [3.8, 4) is 0 Å². The summed E-state index contributed by atoms with van der Waals surface area (Å²) in [7, 11) is 0. The number of aromatic nitrogens is 1. The average molecular weight is 377 g/mol. The van der Waals surface area contributed by atoms with Gasteiger partial charge in [0.25, 0.3) is 0 Å². The monoisotopic (exact) mass is 376 g/mol. The van der Waals surface area contributed by atoms with Gasteiger partial charge in [-0.1, -0.05) is 17.7 Å². The van der Waals surface area contributed by atoms with Crippen LogP contribution in [0.15, 0.2) is 42.6 Å². The van der Waals surface area contributed by atoms with Crippen LogP contribution in [0.2, 0.25) is 5.02 Å². The highest BCUT2D eigenvalue weighted by molar-refractivity contribution is 6.30. The third-order valence-electron chi connectivity index (χ3n) is 4.63. The minimum absolute atomic E-state index is 0.114. The molecule has 1 N–H and O–H groups in total. The second-order valence-corrected chi connectivity index (χ2v) is 6.86. The molecule has 1 fully saturated rings. The van der Waals surface area contributed by atoms with Gasteiger partial charge in [0.1, 0.15) is 5.82 Å². The van der Waals surface area contributed by atoms with Crippen molar-refractivity contribution in [1.82, 2.24) is 14.8 Å². The maximum absolute atomic E-state index is 13.8. The number of pyridine rings is 1. The first-order chi connectivity index (χ1) is 12.5. The number of benzene rings is 1. The summed E-state index contributed by atoms with van der Waals surface area (Å²) in [4.78, 5) is 21.2. The number of piperazine rings is 1. The Bertz CT molecular complexity index is 750. The zero-order chi connectivity index (χ0) is 18.5. The second kappa shape index (κ2) is 8.58. The van der Waals surface area contributed by atoms with E-state index in [-0.39, 0.29) is 17.6 Å². The molecule has 1 unspecified atom stereocenters. The summed E-state index contributed by atoms with van der Waals surface area (Å²) in [6, 6.07) is 9.69.